The van der Waals surface area contributed by atoms with Gasteiger partial charge in [0, 0.05) is 16.1 Å². The minimum absolute atomic E-state index is 0.549. The molecule has 3 rings (SSSR count). The lowest BCUT2D eigenvalue weighted by atomic mass is 10.1. The summed E-state index contributed by atoms with van der Waals surface area (Å²) in [4.78, 5) is 0. The molecular formula is C22H23ClNO+. The lowest BCUT2D eigenvalue weighted by molar-refractivity contribution is -0.686. The first-order chi connectivity index (χ1) is 12.2. The molecule has 0 aliphatic heterocycles. The van der Waals surface area contributed by atoms with Gasteiger partial charge in [-0.25, -0.2) is 0 Å². The minimum Gasteiger partial charge on any atom is -0.489 e. The predicted molar refractivity (Wildman–Crippen MR) is 103 cm³/mol. The molecule has 0 saturated carbocycles. The summed E-state index contributed by atoms with van der Waals surface area (Å²) < 4.78 is 5.89. The SMILES string of the molecule is Cc1ccc(C[NH2+]Cc2cccc(OCc3ccc(Cl)cc3)c2)cc1. The van der Waals surface area contributed by atoms with Crippen molar-refractivity contribution in [3.05, 3.63) is 100 Å². The van der Waals surface area contributed by atoms with Crippen LogP contribution in [0.15, 0.2) is 72.8 Å². The van der Waals surface area contributed by atoms with Crippen molar-refractivity contribution in [3.8, 4) is 5.75 Å². The van der Waals surface area contributed by atoms with Crippen molar-refractivity contribution in [2.24, 2.45) is 0 Å². The number of quaternary nitrogens is 1. The van der Waals surface area contributed by atoms with Crippen molar-refractivity contribution in [2.45, 2.75) is 26.6 Å². The molecule has 2 N–H and O–H groups in total. The van der Waals surface area contributed by atoms with Crippen molar-refractivity contribution < 1.29 is 10.1 Å². The highest BCUT2D eigenvalue weighted by Crippen LogP contribution is 2.16. The van der Waals surface area contributed by atoms with Crippen LogP contribution in [0.3, 0.4) is 0 Å². The lowest BCUT2D eigenvalue weighted by Gasteiger charge is -2.08. The Balaban J connectivity index is 1.50. The molecule has 3 heteroatoms. The van der Waals surface area contributed by atoms with E-state index in [2.05, 4.69) is 48.6 Å². The standard InChI is InChI=1S/C22H22ClNO/c1-17-5-7-18(8-6-17)14-24-15-20-3-2-4-22(13-20)25-16-19-9-11-21(23)12-10-19/h2-13,24H,14-16H2,1H3/p+1. The molecule has 3 aromatic carbocycles. The molecule has 0 atom stereocenters. The zero-order chi connectivity index (χ0) is 17.5. The third-order valence-electron chi connectivity index (χ3n) is 4.10. The Hall–Kier alpha value is -2.29. The van der Waals surface area contributed by atoms with Crippen LogP contribution in [-0.2, 0) is 19.7 Å². The molecule has 0 spiro atoms. The molecule has 0 amide bonds. The number of hydrogen-bond acceptors (Lipinski definition) is 1. The highest BCUT2D eigenvalue weighted by atomic mass is 35.5. The number of aryl methyl sites for hydroxylation is 1. The fourth-order valence-corrected chi connectivity index (χ4v) is 2.77. The van der Waals surface area contributed by atoms with Gasteiger partial charge in [0.25, 0.3) is 0 Å². The Morgan fingerprint density at radius 3 is 2.24 bits per heavy atom. The smallest absolute Gasteiger partial charge is 0.120 e. The van der Waals surface area contributed by atoms with E-state index in [4.69, 9.17) is 16.3 Å². The number of nitrogens with two attached hydrogens (primary N) is 1. The van der Waals surface area contributed by atoms with Crippen LogP contribution in [0.4, 0.5) is 0 Å². The summed E-state index contributed by atoms with van der Waals surface area (Å²) in [7, 11) is 0. The summed E-state index contributed by atoms with van der Waals surface area (Å²) in [6.07, 6.45) is 0. The van der Waals surface area contributed by atoms with Gasteiger partial charge >= 0.3 is 0 Å². The van der Waals surface area contributed by atoms with Crippen LogP contribution in [0, 0.1) is 6.92 Å². The predicted octanol–water partition coefficient (Wildman–Crippen LogP) is 4.49. The summed E-state index contributed by atoms with van der Waals surface area (Å²) in [6, 6.07) is 24.8. The van der Waals surface area contributed by atoms with Crippen LogP contribution in [0.25, 0.3) is 0 Å². The Labute approximate surface area is 154 Å². The summed E-state index contributed by atoms with van der Waals surface area (Å²) in [5.74, 6) is 0.899. The first kappa shape index (κ1) is 17.5. The average molecular weight is 353 g/mol. The van der Waals surface area contributed by atoms with E-state index >= 15 is 0 Å². The largest absolute Gasteiger partial charge is 0.489 e. The molecule has 0 saturated heterocycles. The van der Waals surface area contributed by atoms with E-state index in [-0.39, 0.29) is 0 Å². The minimum atomic E-state index is 0.549. The van der Waals surface area contributed by atoms with Gasteiger partial charge in [0.05, 0.1) is 0 Å². The van der Waals surface area contributed by atoms with E-state index in [0.29, 0.717) is 6.61 Å². The van der Waals surface area contributed by atoms with E-state index in [1.165, 1.54) is 16.7 Å². The molecule has 25 heavy (non-hydrogen) atoms. The number of ether oxygens (including phenoxy) is 1. The topological polar surface area (TPSA) is 25.8 Å². The van der Waals surface area contributed by atoms with Crippen molar-refractivity contribution in [2.75, 3.05) is 0 Å². The van der Waals surface area contributed by atoms with Gasteiger partial charge in [0.15, 0.2) is 0 Å². The zero-order valence-corrected chi connectivity index (χ0v) is 15.2. The van der Waals surface area contributed by atoms with Crippen molar-refractivity contribution in [1.82, 2.24) is 0 Å². The Bertz CT molecular complexity index is 797. The molecule has 0 heterocycles. The number of rotatable bonds is 7. The summed E-state index contributed by atoms with van der Waals surface area (Å²) in [5.41, 5.74) is 5.02. The van der Waals surface area contributed by atoms with Crippen molar-refractivity contribution >= 4 is 11.6 Å². The molecule has 0 unspecified atom stereocenters. The van der Waals surface area contributed by atoms with Gasteiger partial charge in [-0.05, 0) is 36.8 Å². The number of halogens is 1. The van der Waals surface area contributed by atoms with Gasteiger partial charge in [-0.3, -0.25) is 0 Å². The molecule has 0 aliphatic rings. The molecule has 3 aromatic rings. The number of benzene rings is 3. The second-order valence-electron chi connectivity index (χ2n) is 6.25. The normalized spacial score (nSPS) is 10.6. The third kappa shape index (κ3) is 5.63. The summed E-state index contributed by atoms with van der Waals surface area (Å²) >= 11 is 5.91. The van der Waals surface area contributed by atoms with Crippen LogP contribution < -0.4 is 10.1 Å². The van der Waals surface area contributed by atoms with E-state index in [1.54, 1.807) is 0 Å². The quantitative estimate of drug-likeness (QED) is 0.666. The molecular weight excluding hydrogens is 330 g/mol. The Morgan fingerprint density at radius 1 is 0.800 bits per heavy atom. The maximum atomic E-state index is 5.91. The molecule has 128 valence electrons. The average Bonchev–Trinajstić information content (AvgIpc) is 2.63. The maximum absolute atomic E-state index is 5.91. The van der Waals surface area contributed by atoms with E-state index in [1.807, 2.05) is 36.4 Å². The van der Waals surface area contributed by atoms with Gasteiger partial charge in [-0.1, -0.05) is 65.7 Å². The molecule has 0 aromatic heterocycles. The zero-order valence-electron chi connectivity index (χ0n) is 14.4. The van der Waals surface area contributed by atoms with Gasteiger partial charge < -0.3 is 10.1 Å². The van der Waals surface area contributed by atoms with Crippen LogP contribution in [0.1, 0.15) is 22.3 Å². The van der Waals surface area contributed by atoms with Gasteiger partial charge in [-0.15, -0.1) is 0 Å². The van der Waals surface area contributed by atoms with E-state index in [9.17, 15) is 0 Å². The second-order valence-corrected chi connectivity index (χ2v) is 6.68. The van der Waals surface area contributed by atoms with Crippen LogP contribution in [-0.4, -0.2) is 0 Å². The second kappa shape index (κ2) is 8.70. The Kier molecular flexibility index (Phi) is 6.10. The van der Waals surface area contributed by atoms with Crippen LogP contribution in [0.5, 0.6) is 5.75 Å². The molecule has 0 fully saturated rings. The van der Waals surface area contributed by atoms with E-state index < -0.39 is 0 Å². The van der Waals surface area contributed by atoms with Crippen LogP contribution >= 0.6 is 11.6 Å². The Morgan fingerprint density at radius 2 is 1.48 bits per heavy atom. The highest BCUT2D eigenvalue weighted by molar-refractivity contribution is 6.30. The molecule has 2 nitrogen and oxygen atoms in total. The molecule has 0 radical (unpaired) electrons. The third-order valence-corrected chi connectivity index (χ3v) is 4.35. The first-order valence-corrected chi connectivity index (χ1v) is 8.90. The number of hydrogen-bond donors (Lipinski definition) is 1. The summed E-state index contributed by atoms with van der Waals surface area (Å²) in [6.45, 7) is 4.58. The fraction of sp³-hybridized carbons (Fsp3) is 0.182. The van der Waals surface area contributed by atoms with Gasteiger partial charge in [-0.2, -0.15) is 0 Å². The fourth-order valence-electron chi connectivity index (χ4n) is 2.64. The maximum Gasteiger partial charge on any atom is 0.120 e. The van der Waals surface area contributed by atoms with Crippen molar-refractivity contribution in [3.63, 3.8) is 0 Å². The van der Waals surface area contributed by atoms with E-state index in [0.717, 1.165) is 29.4 Å². The lowest BCUT2D eigenvalue weighted by Crippen LogP contribution is -2.80. The van der Waals surface area contributed by atoms with Gasteiger partial charge in [0.2, 0.25) is 0 Å². The van der Waals surface area contributed by atoms with Crippen LogP contribution in [0.2, 0.25) is 5.02 Å². The molecule has 0 bridgehead atoms. The monoisotopic (exact) mass is 352 g/mol. The van der Waals surface area contributed by atoms with Crippen molar-refractivity contribution in [1.29, 1.82) is 0 Å². The summed E-state index contributed by atoms with van der Waals surface area (Å²) in [5, 5.41) is 3.05. The molecule has 0 aliphatic carbocycles. The highest BCUT2D eigenvalue weighted by Gasteiger charge is 2.01. The first-order valence-electron chi connectivity index (χ1n) is 8.52. The van der Waals surface area contributed by atoms with Gasteiger partial charge in [0.1, 0.15) is 25.4 Å².